The summed E-state index contributed by atoms with van der Waals surface area (Å²) in [6.45, 7) is -0.00243. The summed E-state index contributed by atoms with van der Waals surface area (Å²) in [4.78, 5) is 3.89. The second kappa shape index (κ2) is 6.50. The van der Waals surface area contributed by atoms with Gasteiger partial charge in [-0.2, -0.15) is 5.26 Å². The number of halogens is 1. The first-order chi connectivity index (χ1) is 9.26. The van der Waals surface area contributed by atoms with Gasteiger partial charge in [-0.15, -0.1) is 0 Å². The summed E-state index contributed by atoms with van der Waals surface area (Å²) >= 11 is 3.40. The fourth-order valence-electron chi connectivity index (χ4n) is 2.12. The minimum absolute atomic E-state index is 0.00243. The summed E-state index contributed by atoms with van der Waals surface area (Å²) in [5.74, 6) is 0.0463. The van der Waals surface area contributed by atoms with E-state index < -0.39 is 0 Å². The van der Waals surface area contributed by atoms with Crippen LogP contribution in [0.1, 0.15) is 29.6 Å². The van der Waals surface area contributed by atoms with Gasteiger partial charge in [-0.3, -0.25) is 0 Å². The zero-order chi connectivity index (χ0) is 13.7. The minimum Gasteiger partial charge on any atom is -0.448 e. The Labute approximate surface area is 119 Å². The van der Waals surface area contributed by atoms with Gasteiger partial charge in [0.1, 0.15) is 5.76 Å². The number of nitriles is 1. The summed E-state index contributed by atoms with van der Waals surface area (Å²) in [5, 5.41) is 18.7. The first-order valence-electron chi connectivity index (χ1n) is 5.90. The summed E-state index contributed by atoms with van der Waals surface area (Å²) in [5.41, 5.74) is 0.895. The normalized spacial score (nSPS) is 13.7. The lowest BCUT2D eigenvalue weighted by Crippen LogP contribution is -2.11. The van der Waals surface area contributed by atoms with Crippen LogP contribution >= 0.6 is 15.9 Å². The molecule has 0 saturated carbocycles. The summed E-state index contributed by atoms with van der Waals surface area (Å²) < 4.78 is 6.22. The van der Waals surface area contributed by atoms with E-state index in [0.29, 0.717) is 12.2 Å². The molecule has 0 saturated heterocycles. The zero-order valence-corrected chi connectivity index (χ0v) is 11.7. The molecule has 19 heavy (non-hydrogen) atoms. The number of oxazole rings is 1. The molecule has 4 nitrogen and oxygen atoms in total. The molecule has 0 amide bonds. The van der Waals surface area contributed by atoms with Gasteiger partial charge in [-0.1, -0.05) is 28.1 Å². The SMILES string of the molecule is N#C[C@@H](c1cccc(Br)c1)[C@H](CCO)c1cnco1. The summed E-state index contributed by atoms with van der Waals surface area (Å²) in [6, 6.07) is 9.91. The fraction of sp³-hybridized carbons (Fsp3) is 0.286. The van der Waals surface area contributed by atoms with Gasteiger partial charge >= 0.3 is 0 Å². The van der Waals surface area contributed by atoms with Crippen molar-refractivity contribution < 1.29 is 9.52 Å². The predicted octanol–water partition coefficient (Wildman–Crippen LogP) is 3.21. The third kappa shape index (κ3) is 3.22. The van der Waals surface area contributed by atoms with Gasteiger partial charge in [0.25, 0.3) is 0 Å². The van der Waals surface area contributed by atoms with E-state index in [1.54, 1.807) is 6.20 Å². The quantitative estimate of drug-likeness (QED) is 0.918. The van der Waals surface area contributed by atoms with E-state index in [9.17, 15) is 10.4 Å². The highest BCUT2D eigenvalue weighted by Gasteiger charge is 2.27. The molecule has 98 valence electrons. The molecular formula is C14H13BrN2O2. The number of aliphatic hydroxyl groups excluding tert-OH is 1. The van der Waals surface area contributed by atoms with Crippen molar-refractivity contribution in [2.45, 2.75) is 18.3 Å². The van der Waals surface area contributed by atoms with Crippen molar-refractivity contribution in [3.63, 3.8) is 0 Å². The fourth-order valence-corrected chi connectivity index (χ4v) is 2.53. The number of hydrogen-bond acceptors (Lipinski definition) is 4. The largest absolute Gasteiger partial charge is 0.448 e. The van der Waals surface area contributed by atoms with Crippen LogP contribution in [0, 0.1) is 11.3 Å². The molecule has 2 aromatic rings. The van der Waals surface area contributed by atoms with E-state index in [1.807, 2.05) is 24.3 Å². The third-order valence-corrected chi connectivity index (χ3v) is 3.50. The molecule has 0 bridgehead atoms. The van der Waals surface area contributed by atoms with Crippen LogP contribution < -0.4 is 0 Å². The molecule has 0 fully saturated rings. The highest BCUT2D eigenvalue weighted by Crippen LogP contribution is 2.35. The Bertz CT molecular complexity index is 563. The Morgan fingerprint density at radius 1 is 1.47 bits per heavy atom. The van der Waals surface area contributed by atoms with Gasteiger partial charge < -0.3 is 9.52 Å². The van der Waals surface area contributed by atoms with E-state index in [-0.39, 0.29) is 18.4 Å². The number of aromatic nitrogens is 1. The molecule has 0 aliphatic carbocycles. The first kappa shape index (κ1) is 13.8. The minimum atomic E-state index is -0.377. The van der Waals surface area contributed by atoms with Crippen LogP contribution in [0.25, 0.3) is 0 Å². The van der Waals surface area contributed by atoms with Crippen LogP contribution in [0.2, 0.25) is 0 Å². The van der Waals surface area contributed by atoms with Crippen molar-refractivity contribution in [2.75, 3.05) is 6.61 Å². The smallest absolute Gasteiger partial charge is 0.180 e. The van der Waals surface area contributed by atoms with E-state index in [2.05, 4.69) is 27.0 Å². The standard InChI is InChI=1S/C14H13BrN2O2/c15-11-3-1-2-10(6-11)13(7-16)12(4-5-18)14-8-17-9-19-14/h1-3,6,8-9,12-13,18H,4-5H2/t12-,13-/m0/s1. The molecule has 5 heteroatoms. The molecule has 0 aliphatic rings. The van der Waals surface area contributed by atoms with E-state index in [0.717, 1.165) is 10.0 Å². The van der Waals surface area contributed by atoms with Crippen LogP contribution in [0.15, 0.2) is 45.7 Å². The molecule has 0 spiro atoms. The van der Waals surface area contributed by atoms with Gasteiger partial charge in [0.2, 0.25) is 0 Å². The maximum Gasteiger partial charge on any atom is 0.180 e. The Kier molecular flexibility index (Phi) is 4.72. The van der Waals surface area contributed by atoms with Crippen LogP contribution in [0.4, 0.5) is 0 Å². The first-order valence-corrected chi connectivity index (χ1v) is 6.70. The summed E-state index contributed by atoms with van der Waals surface area (Å²) in [7, 11) is 0. The molecule has 0 aliphatic heterocycles. The maximum absolute atomic E-state index is 9.46. The molecule has 1 heterocycles. The average molecular weight is 321 g/mol. The summed E-state index contributed by atoms with van der Waals surface area (Å²) in [6.07, 6.45) is 3.40. The van der Waals surface area contributed by atoms with Crippen molar-refractivity contribution in [2.24, 2.45) is 0 Å². The van der Waals surface area contributed by atoms with E-state index >= 15 is 0 Å². The van der Waals surface area contributed by atoms with Crippen molar-refractivity contribution in [1.82, 2.24) is 4.98 Å². The second-order valence-electron chi connectivity index (χ2n) is 4.18. The molecule has 1 aromatic carbocycles. The van der Waals surface area contributed by atoms with E-state index in [4.69, 9.17) is 4.42 Å². The molecule has 2 rings (SSSR count). The monoisotopic (exact) mass is 320 g/mol. The second-order valence-corrected chi connectivity index (χ2v) is 5.10. The third-order valence-electron chi connectivity index (χ3n) is 3.01. The molecule has 0 radical (unpaired) electrons. The Morgan fingerprint density at radius 2 is 2.32 bits per heavy atom. The van der Waals surface area contributed by atoms with Gasteiger partial charge in [0.05, 0.1) is 18.2 Å². The number of benzene rings is 1. The average Bonchev–Trinajstić information content (AvgIpc) is 2.92. The van der Waals surface area contributed by atoms with Crippen LogP contribution in [-0.4, -0.2) is 16.7 Å². The van der Waals surface area contributed by atoms with Crippen molar-refractivity contribution in [1.29, 1.82) is 5.26 Å². The number of aliphatic hydroxyl groups is 1. The number of hydrogen-bond donors (Lipinski definition) is 1. The van der Waals surface area contributed by atoms with Crippen molar-refractivity contribution in [3.8, 4) is 6.07 Å². The van der Waals surface area contributed by atoms with E-state index in [1.165, 1.54) is 6.39 Å². The van der Waals surface area contributed by atoms with Crippen LogP contribution in [0.5, 0.6) is 0 Å². The Morgan fingerprint density at radius 3 is 2.89 bits per heavy atom. The maximum atomic E-state index is 9.46. The molecule has 2 atom stereocenters. The molecule has 1 aromatic heterocycles. The molecular weight excluding hydrogens is 308 g/mol. The number of rotatable bonds is 5. The Hall–Kier alpha value is -1.64. The lowest BCUT2D eigenvalue weighted by molar-refractivity contribution is 0.263. The van der Waals surface area contributed by atoms with Gasteiger partial charge in [-0.25, -0.2) is 4.98 Å². The van der Waals surface area contributed by atoms with Crippen LogP contribution in [-0.2, 0) is 0 Å². The predicted molar refractivity (Wildman–Crippen MR) is 73.4 cm³/mol. The van der Waals surface area contributed by atoms with Crippen LogP contribution in [0.3, 0.4) is 0 Å². The lowest BCUT2D eigenvalue weighted by atomic mass is 9.84. The van der Waals surface area contributed by atoms with Gasteiger partial charge in [0, 0.05) is 17.0 Å². The Balaban J connectivity index is 2.36. The van der Waals surface area contributed by atoms with Crippen molar-refractivity contribution >= 4 is 15.9 Å². The number of nitrogens with zero attached hydrogens (tertiary/aromatic N) is 2. The topological polar surface area (TPSA) is 70.0 Å². The van der Waals surface area contributed by atoms with Crippen molar-refractivity contribution in [3.05, 3.63) is 52.7 Å². The molecule has 0 unspecified atom stereocenters. The van der Waals surface area contributed by atoms with Gasteiger partial charge in [-0.05, 0) is 24.1 Å². The highest BCUT2D eigenvalue weighted by molar-refractivity contribution is 9.10. The lowest BCUT2D eigenvalue weighted by Gasteiger charge is -2.19. The highest BCUT2D eigenvalue weighted by atomic mass is 79.9. The molecule has 1 N–H and O–H groups in total. The van der Waals surface area contributed by atoms with Gasteiger partial charge in [0.15, 0.2) is 6.39 Å². The zero-order valence-electron chi connectivity index (χ0n) is 10.2.